The Morgan fingerprint density at radius 3 is 2.40 bits per heavy atom. The normalized spacial score (nSPS) is 34.1. The second kappa shape index (κ2) is 6.69. The molecule has 1 N–H and O–H groups in total. The van der Waals surface area contributed by atoms with Crippen molar-refractivity contribution in [3.63, 3.8) is 0 Å². The topological polar surface area (TPSA) is 77.4 Å². The fraction of sp³-hybridized carbons (Fsp3) is 0.708. The van der Waals surface area contributed by atoms with Gasteiger partial charge in [-0.25, -0.2) is 0 Å². The zero-order chi connectivity index (χ0) is 21.3. The minimum absolute atomic E-state index is 0.0262. The smallest absolute Gasteiger partial charge is 0.312 e. The number of carbonyl (C=O) groups is 3. The molecule has 162 valence electrons. The van der Waals surface area contributed by atoms with Gasteiger partial charge in [-0.2, -0.15) is 0 Å². The number of hydrogen-bond donors (Lipinski definition) is 1. The van der Waals surface area contributed by atoms with Crippen molar-refractivity contribution < 1.29 is 19.1 Å². The summed E-state index contributed by atoms with van der Waals surface area (Å²) in [4.78, 5) is 37.9. The third kappa shape index (κ3) is 3.19. The maximum absolute atomic E-state index is 13.2. The quantitative estimate of drug-likeness (QED) is 0.572. The third-order valence-corrected chi connectivity index (χ3v) is 7.97. The average molecular weight is 413 g/mol. The van der Waals surface area contributed by atoms with Gasteiger partial charge in [0.2, 0.25) is 11.7 Å². The van der Waals surface area contributed by atoms with E-state index in [4.69, 9.17) is 4.74 Å². The van der Waals surface area contributed by atoms with Crippen LogP contribution in [0.15, 0.2) is 6.07 Å². The number of carbonyl (C=O) groups excluding carboxylic acids is 3. The van der Waals surface area contributed by atoms with Gasteiger partial charge in [0.25, 0.3) is 0 Å². The molecular formula is C24H32N2O4. The molecule has 5 saturated carbocycles. The second-order valence-corrected chi connectivity index (χ2v) is 10.6. The van der Waals surface area contributed by atoms with E-state index in [0.717, 1.165) is 43.5 Å². The van der Waals surface area contributed by atoms with E-state index in [1.54, 1.807) is 6.92 Å². The fourth-order valence-corrected chi connectivity index (χ4v) is 7.34. The Balaban J connectivity index is 1.29. The van der Waals surface area contributed by atoms with Crippen molar-refractivity contribution >= 4 is 17.7 Å². The van der Waals surface area contributed by atoms with Crippen LogP contribution < -0.4 is 5.32 Å². The van der Waals surface area contributed by atoms with Crippen LogP contribution in [0.3, 0.4) is 0 Å². The molecule has 1 amide bonds. The van der Waals surface area contributed by atoms with Crippen LogP contribution in [0.5, 0.6) is 0 Å². The minimum atomic E-state index is -0.544. The molecule has 4 bridgehead atoms. The van der Waals surface area contributed by atoms with E-state index in [1.807, 2.05) is 19.9 Å². The van der Waals surface area contributed by atoms with Gasteiger partial charge in [0, 0.05) is 35.5 Å². The number of aromatic nitrogens is 1. The summed E-state index contributed by atoms with van der Waals surface area (Å²) in [5.41, 5.74) is 1.94. The number of hydrogen-bond acceptors (Lipinski definition) is 4. The number of ketones is 1. The Labute approximate surface area is 177 Å². The van der Waals surface area contributed by atoms with E-state index in [0.29, 0.717) is 29.9 Å². The summed E-state index contributed by atoms with van der Waals surface area (Å²) in [7, 11) is 0. The average Bonchev–Trinajstić information content (AvgIpc) is 3.42. The third-order valence-electron chi connectivity index (χ3n) is 7.97. The van der Waals surface area contributed by atoms with Crippen LogP contribution in [-0.4, -0.2) is 34.4 Å². The van der Waals surface area contributed by atoms with E-state index in [9.17, 15) is 14.4 Å². The highest BCUT2D eigenvalue weighted by molar-refractivity contribution is 5.99. The van der Waals surface area contributed by atoms with Crippen LogP contribution >= 0.6 is 0 Å². The van der Waals surface area contributed by atoms with E-state index >= 15 is 0 Å². The van der Waals surface area contributed by atoms with Gasteiger partial charge in [0.05, 0.1) is 5.41 Å². The number of nitrogens with zero attached hydrogens (tertiary/aromatic N) is 1. The first-order chi connectivity index (χ1) is 14.2. The first-order valence-corrected chi connectivity index (χ1v) is 11.4. The number of aryl methyl sites for hydroxylation is 1. The van der Waals surface area contributed by atoms with Crippen molar-refractivity contribution in [3.8, 4) is 0 Å². The standard InChI is InChI=1S/C24H32N2O4/c1-14-6-20(15(2)26(14)19-4-5-19)21(28)12-30-22(29)23-8-17-7-18(9-23)11-24(10-17,13-23)25-16(3)27/h6,17-19H,4-5,7-13H2,1-3H3,(H,25,27)/t17-,18+,23?,24?. The Kier molecular flexibility index (Phi) is 4.42. The summed E-state index contributed by atoms with van der Waals surface area (Å²) in [6.45, 7) is 5.38. The molecule has 4 atom stereocenters. The molecule has 5 fully saturated rings. The number of esters is 1. The molecule has 0 spiro atoms. The maximum atomic E-state index is 13.2. The van der Waals surface area contributed by atoms with E-state index < -0.39 is 5.41 Å². The summed E-state index contributed by atoms with van der Waals surface area (Å²) < 4.78 is 7.90. The highest BCUT2D eigenvalue weighted by Gasteiger charge is 2.61. The van der Waals surface area contributed by atoms with Gasteiger partial charge in [0.1, 0.15) is 0 Å². The van der Waals surface area contributed by atoms with E-state index in [2.05, 4.69) is 9.88 Å². The van der Waals surface area contributed by atoms with Crippen molar-refractivity contribution in [1.29, 1.82) is 0 Å². The Morgan fingerprint density at radius 2 is 1.80 bits per heavy atom. The van der Waals surface area contributed by atoms with Crippen molar-refractivity contribution in [1.82, 2.24) is 9.88 Å². The van der Waals surface area contributed by atoms with Crippen LogP contribution in [0.4, 0.5) is 0 Å². The summed E-state index contributed by atoms with van der Waals surface area (Å²) in [5, 5.41) is 3.17. The predicted octanol–water partition coefficient (Wildman–Crippen LogP) is 3.64. The van der Waals surface area contributed by atoms with E-state index in [-0.39, 0.29) is 29.8 Å². The maximum Gasteiger partial charge on any atom is 0.312 e. The molecular weight excluding hydrogens is 380 g/mol. The fourth-order valence-electron chi connectivity index (χ4n) is 7.34. The lowest BCUT2D eigenvalue weighted by Gasteiger charge is -2.60. The number of nitrogens with one attached hydrogen (secondary N) is 1. The molecule has 1 aromatic rings. The van der Waals surface area contributed by atoms with Gasteiger partial charge in [-0.3, -0.25) is 14.4 Å². The first-order valence-electron chi connectivity index (χ1n) is 11.4. The zero-order valence-corrected chi connectivity index (χ0v) is 18.3. The van der Waals surface area contributed by atoms with Crippen LogP contribution in [0.1, 0.15) is 86.1 Å². The zero-order valence-electron chi connectivity index (χ0n) is 18.3. The van der Waals surface area contributed by atoms with Crippen LogP contribution in [0, 0.1) is 31.1 Å². The largest absolute Gasteiger partial charge is 0.457 e. The number of Topliss-reactive ketones (excluding diaryl/α,β-unsaturated/α-hetero) is 1. The lowest BCUT2D eigenvalue weighted by atomic mass is 9.47. The van der Waals surface area contributed by atoms with Gasteiger partial charge in [-0.05, 0) is 83.1 Å². The molecule has 0 aliphatic heterocycles. The molecule has 0 aromatic carbocycles. The van der Waals surface area contributed by atoms with Gasteiger partial charge >= 0.3 is 5.97 Å². The van der Waals surface area contributed by atoms with Crippen molar-refractivity contribution in [2.45, 2.75) is 83.7 Å². The summed E-state index contributed by atoms with van der Waals surface area (Å²) in [5.74, 6) is 0.527. The molecule has 30 heavy (non-hydrogen) atoms. The van der Waals surface area contributed by atoms with Gasteiger partial charge in [-0.1, -0.05) is 0 Å². The molecule has 5 aliphatic carbocycles. The highest BCUT2D eigenvalue weighted by Crippen LogP contribution is 2.62. The summed E-state index contributed by atoms with van der Waals surface area (Å²) >= 11 is 0. The molecule has 1 heterocycles. The Morgan fingerprint density at radius 1 is 1.13 bits per heavy atom. The first kappa shape index (κ1) is 19.8. The molecule has 2 unspecified atom stereocenters. The second-order valence-electron chi connectivity index (χ2n) is 10.6. The van der Waals surface area contributed by atoms with Crippen LogP contribution in [0.25, 0.3) is 0 Å². The van der Waals surface area contributed by atoms with Crippen LogP contribution in [0.2, 0.25) is 0 Å². The van der Waals surface area contributed by atoms with Crippen molar-refractivity contribution in [2.24, 2.45) is 17.3 Å². The van der Waals surface area contributed by atoms with Crippen molar-refractivity contribution in [3.05, 3.63) is 23.0 Å². The Hall–Kier alpha value is -2.11. The lowest BCUT2D eigenvalue weighted by Crippen LogP contribution is -2.64. The minimum Gasteiger partial charge on any atom is -0.457 e. The van der Waals surface area contributed by atoms with Gasteiger partial charge in [0.15, 0.2) is 6.61 Å². The number of rotatable bonds is 6. The molecule has 0 saturated heterocycles. The molecule has 6 rings (SSSR count). The SMILES string of the molecule is CC(=O)NC12C[C@H]3C[C@@H](C1)CC(C(=O)OCC(=O)c1cc(C)n(C4CC4)c1C)(C3)C2. The molecule has 5 aliphatic rings. The molecule has 6 heteroatoms. The number of ether oxygens (including phenoxy) is 1. The summed E-state index contributed by atoms with van der Waals surface area (Å²) in [6, 6.07) is 2.45. The predicted molar refractivity (Wildman–Crippen MR) is 111 cm³/mol. The van der Waals surface area contributed by atoms with E-state index in [1.165, 1.54) is 12.8 Å². The molecule has 1 aromatic heterocycles. The molecule has 6 nitrogen and oxygen atoms in total. The monoisotopic (exact) mass is 412 g/mol. The summed E-state index contributed by atoms with van der Waals surface area (Å²) in [6.07, 6.45) is 7.70. The van der Waals surface area contributed by atoms with Gasteiger partial charge < -0.3 is 14.6 Å². The van der Waals surface area contributed by atoms with Gasteiger partial charge in [-0.15, -0.1) is 0 Å². The lowest BCUT2D eigenvalue weighted by molar-refractivity contribution is -0.174. The molecule has 0 radical (unpaired) electrons. The Bertz CT molecular complexity index is 912. The van der Waals surface area contributed by atoms with Crippen LogP contribution in [-0.2, 0) is 14.3 Å². The van der Waals surface area contributed by atoms with Crippen molar-refractivity contribution in [2.75, 3.05) is 6.61 Å². The highest BCUT2D eigenvalue weighted by atomic mass is 16.5. The number of amides is 1.